The highest BCUT2D eigenvalue weighted by molar-refractivity contribution is 8.00. The van der Waals surface area contributed by atoms with Gasteiger partial charge in [0.1, 0.15) is 0 Å². The minimum absolute atomic E-state index is 0.131. The third-order valence-electron chi connectivity index (χ3n) is 3.74. The number of nitrogens with two attached hydrogens (primary N) is 1. The summed E-state index contributed by atoms with van der Waals surface area (Å²) in [6.07, 6.45) is 2.91. The van der Waals surface area contributed by atoms with Crippen molar-refractivity contribution in [3.8, 4) is 0 Å². The maximum Gasteiger partial charge on any atom is 0.232 e. The van der Waals surface area contributed by atoms with E-state index in [0.29, 0.717) is 28.9 Å². The average molecular weight is 377 g/mol. The molecule has 128 valence electrons. The fourth-order valence-electron chi connectivity index (χ4n) is 2.42. The molecule has 0 spiro atoms. The second-order valence-corrected chi connectivity index (χ2v) is 7.32. The van der Waals surface area contributed by atoms with Gasteiger partial charge in [-0.05, 0) is 44.0 Å². The van der Waals surface area contributed by atoms with Crippen LogP contribution in [-0.4, -0.2) is 48.9 Å². The van der Waals surface area contributed by atoms with Crippen molar-refractivity contribution in [3.05, 3.63) is 28.2 Å². The number of likely N-dealkylation sites (tertiary alicyclic amines) is 1. The zero-order valence-electron chi connectivity index (χ0n) is 13.0. The molecule has 0 aliphatic carbocycles. The van der Waals surface area contributed by atoms with Crippen molar-refractivity contribution >= 4 is 40.9 Å². The predicted octanol–water partition coefficient (Wildman–Crippen LogP) is 3.44. The van der Waals surface area contributed by atoms with Crippen molar-refractivity contribution in [2.24, 2.45) is 5.73 Å². The van der Waals surface area contributed by atoms with Crippen LogP contribution in [0.5, 0.6) is 0 Å². The Kier molecular flexibility index (Phi) is 7.99. The molecule has 7 heteroatoms. The Labute approximate surface area is 151 Å². The van der Waals surface area contributed by atoms with Gasteiger partial charge in [-0.15, -0.1) is 11.8 Å². The van der Waals surface area contributed by atoms with Gasteiger partial charge >= 0.3 is 0 Å². The van der Waals surface area contributed by atoms with E-state index >= 15 is 0 Å². The van der Waals surface area contributed by atoms with Crippen molar-refractivity contribution in [2.75, 3.05) is 32.0 Å². The highest BCUT2D eigenvalue weighted by atomic mass is 35.5. The van der Waals surface area contributed by atoms with E-state index in [2.05, 4.69) is 0 Å². The van der Waals surface area contributed by atoms with Crippen molar-refractivity contribution in [1.29, 1.82) is 0 Å². The van der Waals surface area contributed by atoms with Crippen LogP contribution in [-0.2, 0) is 9.53 Å². The molecule has 4 nitrogen and oxygen atoms in total. The number of amides is 1. The third kappa shape index (κ3) is 6.16. The van der Waals surface area contributed by atoms with Crippen LogP contribution in [0.2, 0.25) is 10.0 Å². The van der Waals surface area contributed by atoms with Gasteiger partial charge in [0.15, 0.2) is 0 Å². The predicted molar refractivity (Wildman–Crippen MR) is 96.4 cm³/mol. The quantitative estimate of drug-likeness (QED) is 0.584. The molecule has 0 saturated carbocycles. The average Bonchev–Trinajstić information content (AvgIpc) is 2.56. The maximum atomic E-state index is 12.3. The monoisotopic (exact) mass is 376 g/mol. The number of thioether (sulfide) groups is 1. The summed E-state index contributed by atoms with van der Waals surface area (Å²) < 4.78 is 5.75. The standard InChI is InChI=1S/C16H22Cl2N2O2S/c17-12-2-3-14(18)15(10-12)23-11-16(21)20-7-4-13(5-8-20)22-9-1-6-19/h2-3,10,13H,1,4-9,11,19H2. The lowest BCUT2D eigenvalue weighted by molar-refractivity contribution is -0.130. The van der Waals surface area contributed by atoms with Gasteiger partial charge in [0, 0.05) is 29.6 Å². The van der Waals surface area contributed by atoms with Crippen LogP contribution in [0.1, 0.15) is 19.3 Å². The molecule has 0 unspecified atom stereocenters. The number of rotatable bonds is 7. The largest absolute Gasteiger partial charge is 0.378 e. The number of ether oxygens (including phenoxy) is 1. The van der Waals surface area contributed by atoms with Gasteiger partial charge in [-0.1, -0.05) is 23.2 Å². The van der Waals surface area contributed by atoms with Crippen LogP contribution < -0.4 is 5.73 Å². The van der Waals surface area contributed by atoms with Gasteiger partial charge in [-0.25, -0.2) is 0 Å². The topological polar surface area (TPSA) is 55.6 Å². The zero-order valence-corrected chi connectivity index (χ0v) is 15.3. The van der Waals surface area contributed by atoms with E-state index in [0.717, 1.165) is 37.2 Å². The molecule has 1 amide bonds. The summed E-state index contributed by atoms with van der Waals surface area (Å²) in [5.41, 5.74) is 5.45. The Bertz CT molecular complexity index is 523. The molecule has 1 aliphatic rings. The van der Waals surface area contributed by atoms with Gasteiger partial charge in [-0.3, -0.25) is 4.79 Å². The Hall–Kier alpha value is -0.460. The number of carbonyl (C=O) groups is 1. The van der Waals surface area contributed by atoms with Crippen LogP contribution in [0.25, 0.3) is 0 Å². The molecule has 0 atom stereocenters. The SMILES string of the molecule is NCCCOC1CCN(C(=O)CSc2cc(Cl)ccc2Cl)CC1. The molecule has 1 heterocycles. The summed E-state index contributed by atoms with van der Waals surface area (Å²) in [5, 5.41) is 1.25. The summed E-state index contributed by atoms with van der Waals surface area (Å²) in [4.78, 5) is 15.0. The Morgan fingerprint density at radius 3 is 2.78 bits per heavy atom. The lowest BCUT2D eigenvalue weighted by atomic mass is 10.1. The Morgan fingerprint density at radius 2 is 2.09 bits per heavy atom. The number of halogens is 2. The van der Waals surface area contributed by atoms with E-state index in [9.17, 15) is 4.79 Å². The molecule has 1 aromatic rings. The van der Waals surface area contributed by atoms with Gasteiger partial charge in [0.2, 0.25) is 5.91 Å². The number of piperidine rings is 1. The van der Waals surface area contributed by atoms with Crippen molar-refractivity contribution in [2.45, 2.75) is 30.3 Å². The summed E-state index contributed by atoms with van der Waals surface area (Å²) >= 11 is 13.5. The van der Waals surface area contributed by atoms with Crippen LogP contribution in [0.4, 0.5) is 0 Å². The Morgan fingerprint density at radius 1 is 1.35 bits per heavy atom. The minimum Gasteiger partial charge on any atom is -0.378 e. The maximum absolute atomic E-state index is 12.3. The van der Waals surface area contributed by atoms with Crippen LogP contribution in [0, 0.1) is 0 Å². The normalized spacial score (nSPS) is 15.9. The smallest absolute Gasteiger partial charge is 0.232 e. The molecule has 1 aromatic carbocycles. The zero-order chi connectivity index (χ0) is 16.7. The third-order valence-corrected chi connectivity index (χ3v) is 5.46. The van der Waals surface area contributed by atoms with E-state index in [1.807, 2.05) is 4.90 Å². The van der Waals surface area contributed by atoms with Crippen molar-refractivity contribution in [1.82, 2.24) is 4.90 Å². The summed E-state index contributed by atoms with van der Waals surface area (Å²) in [5.74, 6) is 0.505. The molecule has 1 fully saturated rings. The van der Waals surface area contributed by atoms with E-state index in [-0.39, 0.29) is 12.0 Å². The Balaban J connectivity index is 1.74. The van der Waals surface area contributed by atoms with Gasteiger partial charge < -0.3 is 15.4 Å². The number of carbonyl (C=O) groups excluding carboxylic acids is 1. The van der Waals surface area contributed by atoms with Crippen LogP contribution in [0.3, 0.4) is 0 Å². The summed E-state index contributed by atoms with van der Waals surface area (Å²) in [6.45, 7) is 2.85. The molecule has 0 radical (unpaired) electrons. The van der Waals surface area contributed by atoms with E-state index in [1.165, 1.54) is 11.8 Å². The highest BCUT2D eigenvalue weighted by Gasteiger charge is 2.23. The first-order valence-corrected chi connectivity index (χ1v) is 9.51. The number of hydrogen-bond acceptors (Lipinski definition) is 4. The fourth-order valence-corrected chi connectivity index (χ4v) is 3.82. The molecule has 2 N–H and O–H groups in total. The first kappa shape index (κ1) is 18.9. The molecule has 0 bridgehead atoms. The molecule has 0 aromatic heterocycles. The summed E-state index contributed by atoms with van der Waals surface area (Å²) in [7, 11) is 0. The lowest BCUT2D eigenvalue weighted by Crippen LogP contribution is -2.41. The first-order chi connectivity index (χ1) is 11.1. The number of nitrogens with zero attached hydrogens (tertiary/aromatic N) is 1. The number of hydrogen-bond donors (Lipinski definition) is 1. The second-order valence-electron chi connectivity index (χ2n) is 5.46. The minimum atomic E-state index is 0.131. The molecule has 1 saturated heterocycles. The van der Waals surface area contributed by atoms with Crippen molar-refractivity contribution < 1.29 is 9.53 Å². The first-order valence-electron chi connectivity index (χ1n) is 7.77. The molecular weight excluding hydrogens is 355 g/mol. The lowest BCUT2D eigenvalue weighted by Gasteiger charge is -2.32. The molecule has 1 aliphatic heterocycles. The van der Waals surface area contributed by atoms with Gasteiger partial charge in [-0.2, -0.15) is 0 Å². The highest BCUT2D eigenvalue weighted by Crippen LogP contribution is 2.30. The number of benzene rings is 1. The fraction of sp³-hybridized carbons (Fsp3) is 0.562. The van der Waals surface area contributed by atoms with Crippen LogP contribution >= 0.6 is 35.0 Å². The van der Waals surface area contributed by atoms with E-state index in [1.54, 1.807) is 18.2 Å². The van der Waals surface area contributed by atoms with Gasteiger partial charge in [0.05, 0.1) is 16.9 Å². The van der Waals surface area contributed by atoms with E-state index < -0.39 is 0 Å². The summed E-state index contributed by atoms with van der Waals surface area (Å²) in [6, 6.07) is 5.28. The van der Waals surface area contributed by atoms with Crippen LogP contribution in [0.15, 0.2) is 23.1 Å². The molecule has 23 heavy (non-hydrogen) atoms. The second kappa shape index (κ2) is 9.74. The van der Waals surface area contributed by atoms with Crippen molar-refractivity contribution in [3.63, 3.8) is 0 Å². The molecular formula is C16H22Cl2N2O2S. The van der Waals surface area contributed by atoms with Gasteiger partial charge in [0.25, 0.3) is 0 Å². The molecule has 2 rings (SSSR count). The van der Waals surface area contributed by atoms with E-state index in [4.69, 9.17) is 33.7 Å².